The lowest BCUT2D eigenvalue weighted by Gasteiger charge is -2.16. The number of hydrogen-bond donors (Lipinski definition) is 1. The maximum Gasteiger partial charge on any atom is 0.191 e. The Kier molecular flexibility index (Phi) is 3.64. The standard InChI is InChI=1S/C16H21N5/c1-20-11-13(10-18-16(17)21(2)14-8-9-14)15(19-20)12-6-4-3-5-7-12/h3-7,11,14H,8-10H2,1-2H3,(H2,17,18). The van der Waals surface area contributed by atoms with Crippen LogP contribution in [0.25, 0.3) is 11.3 Å². The van der Waals surface area contributed by atoms with Gasteiger partial charge in [-0.15, -0.1) is 0 Å². The predicted octanol–water partition coefficient (Wildman–Crippen LogP) is 2.00. The summed E-state index contributed by atoms with van der Waals surface area (Å²) in [5.41, 5.74) is 9.23. The molecule has 2 aromatic rings. The van der Waals surface area contributed by atoms with Crippen molar-refractivity contribution in [2.45, 2.75) is 25.4 Å². The van der Waals surface area contributed by atoms with Crippen LogP contribution in [0.3, 0.4) is 0 Å². The molecule has 110 valence electrons. The SMILES string of the molecule is CN(C(N)=NCc1cn(C)nc1-c1ccccc1)C1CC1. The van der Waals surface area contributed by atoms with E-state index in [1.807, 2.05) is 43.2 Å². The molecular formula is C16H21N5. The smallest absolute Gasteiger partial charge is 0.191 e. The van der Waals surface area contributed by atoms with Crippen LogP contribution >= 0.6 is 0 Å². The fourth-order valence-corrected chi connectivity index (χ4v) is 2.42. The minimum atomic E-state index is 0.557. The van der Waals surface area contributed by atoms with E-state index in [9.17, 15) is 0 Å². The molecule has 1 aromatic heterocycles. The maximum atomic E-state index is 6.05. The molecule has 2 N–H and O–H groups in total. The molecule has 5 nitrogen and oxygen atoms in total. The van der Waals surface area contributed by atoms with Crippen LogP contribution in [-0.4, -0.2) is 33.7 Å². The van der Waals surface area contributed by atoms with Crippen molar-refractivity contribution in [1.29, 1.82) is 0 Å². The van der Waals surface area contributed by atoms with Crippen molar-refractivity contribution in [3.05, 3.63) is 42.1 Å². The van der Waals surface area contributed by atoms with E-state index in [-0.39, 0.29) is 0 Å². The molecular weight excluding hydrogens is 262 g/mol. The van der Waals surface area contributed by atoms with Gasteiger partial charge in [0, 0.05) is 37.5 Å². The second-order valence-corrected chi connectivity index (χ2v) is 5.56. The number of nitrogens with zero attached hydrogens (tertiary/aromatic N) is 4. The van der Waals surface area contributed by atoms with Crippen LogP contribution in [0.1, 0.15) is 18.4 Å². The van der Waals surface area contributed by atoms with Gasteiger partial charge in [0.25, 0.3) is 0 Å². The van der Waals surface area contributed by atoms with Gasteiger partial charge in [-0.2, -0.15) is 5.10 Å². The highest BCUT2D eigenvalue weighted by Crippen LogP contribution is 2.25. The average Bonchev–Trinajstić information content (AvgIpc) is 3.28. The molecule has 0 amide bonds. The van der Waals surface area contributed by atoms with E-state index in [1.165, 1.54) is 12.8 Å². The van der Waals surface area contributed by atoms with Gasteiger partial charge in [0.05, 0.1) is 12.2 Å². The lowest BCUT2D eigenvalue weighted by molar-refractivity contribution is 0.487. The van der Waals surface area contributed by atoms with Gasteiger partial charge in [-0.3, -0.25) is 4.68 Å². The first kappa shape index (κ1) is 13.7. The Morgan fingerprint density at radius 1 is 1.38 bits per heavy atom. The zero-order chi connectivity index (χ0) is 14.8. The Bertz CT molecular complexity index is 640. The van der Waals surface area contributed by atoms with Crippen molar-refractivity contribution in [1.82, 2.24) is 14.7 Å². The van der Waals surface area contributed by atoms with E-state index in [2.05, 4.69) is 27.1 Å². The minimum Gasteiger partial charge on any atom is -0.370 e. The molecule has 0 unspecified atom stereocenters. The summed E-state index contributed by atoms with van der Waals surface area (Å²) in [6.07, 6.45) is 4.44. The molecule has 21 heavy (non-hydrogen) atoms. The number of aliphatic imine (C=N–C) groups is 1. The third-order valence-corrected chi connectivity index (χ3v) is 3.82. The van der Waals surface area contributed by atoms with Crippen LogP contribution in [0, 0.1) is 0 Å². The topological polar surface area (TPSA) is 59.4 Å². The third-order valence-electron chi connectivity index (χ3n) is 3.82. The lowest BCUT2D eigenvalue weighted by atomic mass is 10.1. The van der Waals surface area contributed by atoms with Gasteiger partial charge in [0.1, 0.15) is 0 Å². The van der Waals surface area contributed by atoms with Crippen molar-refractivity contribution in [2.75, 3.05) is 7.05 Å². The Hall–Kier alpha value is -2.30. The minimum absolute atomic E-state index is 0.557. The van der Waals surface area contributed by atoms with Crippen LogP contribution < -0.4 is 5.73 Å². The monoisotopic (exact) mass is 283 g/mol. The molecule has 1 saturated carbocycles. The summed E-state index contributed by atoms with van der Waals surface area (Å²) in [7, 11) is 3.94. The van der Waals surface area contributed by atoms with Crippen molar-refractivity contribution in [2.24, 2.45) is 17.8 Å². The molecule has 0 atom stereocenters. The van der Waals surface area contributed by atoms with E-state index in [4.69, 9.17) is 5.73 Å². The largest absolute Gasteiger partial charge is 0.370 e. The Morgan fingerprint density at radius 3 is 2.76 bits per heavy atom. The number of guanidine groups is 1. The normalized spacial score (nSPS) is 15.2. The molecule has 0 bridgehead atoms. The van der Waals surface area contributed by atoms with Crippen molar-refractivity contribution in [3.63, 3.8) is 0 Å². The number of rotatable bonds is 4. The molecule has 5 heteroatoms. The van der Waals surface area contributed by atoms with E-state index in [0.29, 0.717) is 18.5 Å². The van der Waals surface area contributed by atoms with Gasteiger partial charge >= 0.3 is 0 Å². The van der Waals surface area contributed by atoms with E-state index in [0.717, 1.165) is 16.8 Å². The fraction of sp³-hybridized carbons (Fsp3) is 0.375. The van der Waals surface area contributed by atoms with E-state index >= 15 is 0 Å². The summed E-state index contributed by atoms with van der Waals surface area (Å²) in [6.45, 7) is 0.557. The van der Waals surface area contributed by atoms with E-state index < -0.39 is 0 Å². The van der Waals surface area contributed by atoms with Crippen LogP contribution in [0.5, 0.6) is 0 Å². The average molecular weight is 283 g/mol. The maximum absolute atomic E-state index is 6.05. The molecule has 3 rings (SSSR count). The quantitative estimate of drug-likeness (QED) is 0.689. The van der Waals surface area contributed by atoms with Gasteiger partial charge in [-0.25, -0.2) is 4.99 Å². The summed E-state index contributed by atoms with van der Waals surface area (Å²) >= 11 is 0. The Morgan fingerprint density at radius 2 is 2.10 bits per heavy atom. The van der Waals surface area contributed by atoms with Crippen LogP contribution in [-0.2, 0) is 13.6 Å². The van der Waals surface area contributed by atoms with Crippen molar-refractivity contribution in [3.8, 4) is 11.3 Å². The van der Waals surface area contributed by atoms with Crippen LogP contribution in [0.2, 0.25) is 0 Å². The number of hydrogen-bond acceptors (Lipinski definition) is 2. The second-order valence-electron chi connectivity index (χ2n) is 5.56. The van der Waals surface area contributed by atoms with Gasteiger partial charge < -0.3 is 10.6 Å². The number of aromatic nitrogens is 2. The summed E-state index contributed by atoms with van der Waals surface area (Å²) < 4.78 is 1.83. The summed E-state index contributed by atoms with van der Waals surface area (Å²) in [4.78, 5) is 6.59. The third kappa shape index (κ3) is 3.07. The number of benzene rings is 1. The Labute approximate surface area is 125 Å². The zero-order valence-electron chi connectivity index (χ0n) is 12.5. The molecule has 0 spiro atoms. The van der Waals surface area contributed by atoms with Crippen molar-refractivity contribution >= 4 is 5.96 Å². The zero-order valence-corrected chi connectivity index (χ0v) is 12.5. The molecule has 1 aliphatic carbocycles. The highest BCUT2D eigenvalue weighted by molar-refractivity contribution is 5.78. The van der Waals surface area contributed by atoms with Crippen molar-refractivity contribution < 1.29 is 0 Å². The van der Waals surface area contributed by atoms with Gasteiger partial charge in [0.15, 0.2) is 5.96 Å². The predicted molar refractivity (Wildman–Crippen MR) is 84.8 cm³/mol. The first-order chi connectivity index (χ1) is 10.1. The van der Waals surface area contributed by atoms with Crippen LogP contribution in [0.4, 0.5) is 0 Å². The second kappa shape index (κ2) is 5.60. The molecule has 1 heterocycles. The summed E-state index contributed by atoms with van der Waals surface area (Å²) in [5, 5.41) is 4.54. The Balaban J connectivity index is 1.81. The molecule has 1 aliphatic rings. The fourth-order valence-electron chi connectivity index (χ4n) is 2.42. The lowest BCUT2D eigenvalue weighted by Crippen LogP contribution is -2.35. The molecule has 1 aromatic carbocycles. The molecule has 0 aliphatic heterocycles. The summed E-state index contributed by atoms with van der Waals surface area (Å²) in [6, 6.07) is 10.8. The van der Waals surface area contributed by atoms with E-state index in [1.54, 1.807) is 0 Å². The van der Waals surface area contributed by atoms with Gasteiger partial charge in [-0.05, 0) is 12.8 Å². The van der Waals surface area contributed by atoms with Crippen LogP contribution in [0.15, 0.2) is 41.5 Å². The highest BCUT2D eigenvalue weighted by atomic mass is 15.3. The highest BCUT2D eigenvalue weighted by Gasteiger charge is 2.27. The molecule has 1 fully saturated rings. The number of aryl methyl sites for hydroxylation is 1. The summed E-state index contributed by atoms with van der Waals surface area (Å²) in [5.74, 6) is 0.611. The number of nitrogens with two attached hydrogens (primary N) is 1. The molecule has 0 saturated heterocycles. The van der Waals surface area contributed by atoms with Gasteiger partial charge in [0.2, 0.25) is 0 Å². The first-order valence-electron chi connectivity index (χ1n) is 7.26. The first-order valence-corrected chi connectivity index (χ1v) is 7.26. The molecule has 0 radical (unpaired) electrons. The van der Waals surface area contributed by atoms with Gasteiger partial charge in [-0.1, -0.05) is 30.3 Å².